The van der Waals surface area contributed by atoms with Crippen LogP contribution in [-0.4, -0.2) is 30.8 Å². The highest BCUT2D eigenvalue weighted by Crippen LogP contribution is 2.28. The van der Waals surface area contributed by atoms with E-state index in [2.05, 4.69) is 15.5 Å². The highest BCUT2D eigenvalue weighted by Gasteiger charge is 2.22. The molecule has 0 saturated heterocycles. The Kier molecular flexibility index (Phi) is 5.92. The molecule has 29 heavy (non-hydrogen) atoms. The van der Waals surface area contributed by atoms with Gasteiger partial charge in [0.25, 0.3) is 0 Å². The molecule has 0 aliphatic heterocycles. The maximum atomic E-state index is 13.5. The van der Waals surface area contributed by atoms with Gasteiger partial charge in [0.05, 0.1) is 15.9 Å². The van der Waals surface area contributed by atoms with Crippen molar-refractivity contribution in [3.63, 3.8) is 0 Å². The van der Waals surface area contributed by atoms with Gasteiger partial charge in [-0.25, -0.2) is 0 Å². The first kappa shape index (κ1) is 20.5. The number of nitro groups is 1. The van der Waals surface area contributed by atoms with Gasteiger partial charge in [-0.3, -0.25) is 19.5 Å². The van der Waals surface area contributed by atoms with E-state index in [4.69, 9.17) is 0 Å². The van der Waals surface area contributed by atoms with Gasteiger partial charge in [-0.1, -0.05) is 30.0 Å². The molecule has 1 heterocycles. The van der Waals surface area contributed by atoms with Crippen LogP contribution in [0.25, 0.3) is 5.69 Å². The highest BCUT2D eigenvalue weighted by molar-refractivity contribution is 8.00. The molecule has 3 aromatic rings. The average molecular weight is 415 g/mol. The number of nitrogens with zero attached hydrogens (tertiary/aromatic N) is 4. The van der Waals surface area contributed by atoms with Crippen molar-refractivity contribution in [1.29, 1.82) is 0 Å². The first-order valence-corrected chi connectivity index (χ1v) is 9.55. The molecular formula is C19H18FN5O3S. The van der Waals surface area contributed by atoms with Crippen LogP contribution >= 0.6 is 11.8 Å². The van der Waals surface area contributed by atoms with E-state index in [0.29, 0.717) is 11.0 Å². The number of carbonyl (C=O) groups is 1. The molecule has 1 aromatic heterocycles. The molecule has 2 aromatic carbocycles. The zero-order valence-corrected chi connectivity index (χ0v) is 16.7. The van der Waals surface area contributed by atoms with Gasteiger partial charge in [0.15, 0.2) is 5.16 Å². The number of hydrogen-bond acceptors (Lipinski definition) is 6. The van der Waals surface area contributed by atoms with Crippen LogP contribution in [0.15, 0.2) is 47.6 Å². The van der Waals surface area contributed by atoms with E-state index in [-0.39, 0.29) is 5.69 Å². The number of nitro benzene ring substituents is 1. The third-order valence-corrected chi connectivity index (χ3v) is 5.26. The zero-order chi connectivity index (χ0) is 21.1. The number of nitrogens with one attached hydrogen (secondary N) is 1. The first-order chi connectivity index (χ1) is 13.8. The number of para-hydroxylation sites is 1. The largest absolute Gasteiger partial charge is 0.325 e. The lowest BCUT2D eigenvalue weighted by molar-refractivity contribution is -0.387. The molecule has 0 bridgehead atoms. The zero-order valence-electron chi connectivity index (χ0n) is 15.9. The lowest BCUT2D eigenvalue weighted by atomic mass is 10.2. The second-order valence-electron chi connectivity index (χ2n) is 6.32. The number of halogens is 1. The summed E-state index contributed by atoms with van der Waals surface area (Å²) in [5, 5.41) is 21.7. The summed E-state index contributed by atoms with van der Waals surface area (Å²) in [6, 6.07) is 11.0. The summed E-state index contributed by atoms with van der Waals surface area (Å²) in [6.45, 7) is 5.48. The second kappa shape index (κ2) is 8.39. The van der Waals surface area contributed by atoms with E-state index in [0.717, 1.165) is 23.4 Å². The molecule has 0 aliphatic carbocycles. The van der Waals surface area contributed by atoms with Crippen LogP contribution in [0, 0.1) is 29.8 Å². The molecule has 8 nitrogen and oxygen atoms in total. The van der Waals surface area contributed by atoms with Gasteiger partial charge >= 0.3 is 5.69 Å². The minimum atomic E-state index is -0.961. The van der Waals surface area contributed by atoms with Crippen molar-refractivity contribution in [1.82, 2.24) is 14.8 Å². The van der Waals surface area contributed by atoms with Crippen LogP contribution in [0.4, 0.5) is 15.8 Å². The third kappa shape index (κ3) is 4.43. The van der Waals surface area contributed by atoms with Crippen molar-refractivity contribution in [2.75, 3.05) is 5.32 Å². The molecular weight excluding hydrogens is 397 g/mol. The van der Waals surface area contributed by atoms with Crippen LogP contribution in [0.5, 0.6) is 0 Å². The van der Waals surface area contributed by atoms with Crippen molar-refractivity contribution in [3.05, 3.63) is 69.8 Å². The van der Waals surface area contributed by atoms with Crippen molar-refractivity contribution in [3.8, 4) is 5.69 Å². The Hall–Kier alpha value is -3.27. The van der Waals surface area contributed by atoms with E-state index in [1.54, 1.807) is 6.92 Å². The van der Waals surface area contributed by atoms with Crippen molar-refractivity contribution in [2.24, 2.45) is 0 Å². The molecule has 1 atom stereocenters. The monoisotopic (exact) mass is 415 g/mol. The number of amides is 1. The number of aromatic nitrogens is 3. The van der Waals surface area contributed by atoms with Crippen LogP contribution in [-0.2, 0) is 4.79 Å². The molecule has 1 unspecified atom stereocenters. The highest BCUT2D eigenvalue weighted by atomic mass is 32.2. The van der Waals surface area contributed by atoms with Crippen molar-refractivity contribution >= 4 is 29.0 Å². The van der Waals surface area contributed by atoms with Gasteiger partial charge in [-0.2, -0.15) is 4.39 Å². The quantitative estimate of drug-likeness (QED) is 0.370. The van der Waals surface area contributed by atoms with Gasteiger partial charge in [-0.15, -0.1) is 10.2 Å². The number of anilines is 1. The molecule has 0 radical (unpaired) electrons. The summed E-state index contributed by atoms with van der Waals surface area (Å²) < 4.78 is 15.3. The molecule has 150 valence electrons. The summed E-state index contributed by atoms with van der Waals surface area (Å²) in [5.74, 6) is -0.673. The number of carbonyl (C=O) groups excluding carboxylic acids is 1. The van der Waals surface area contributed by atoms with Crippen LogP contribution < -0.4 is 5.32 Å². The summed E-state index contributed by atoms with van der Waals surface area (Å²) >= 11 is 1.20. The van der Waals surface area contributed by atoms with E-state index in [1.807, 2.05) is 42.7 Å². The van der Waals surface area contributed by atoms with Gasteiger partial charge in [0.1, 0.15) is 5.82 Å². The van der Waals surface area contributed by atoms with Crippen LogP contribution in [0.2, 0.25) is 0 Å². The minimum Gasteiger partial charge on any atom is -0.325 e. The van der Waals surface area contributed by atoms with E-state index >= 15 is 0 Å². The average Bonchev–Trinajstić information content (AvgIpc) is 3.03. The van der Waals surface area contributed by atoms with Crippen molar-refractivity contribution < 1.29 is 14.1 Å². The molecule has 0 aliphatic rings. The van der Waals surface area contributed by atoms with Gasteiger partial charge in [-0.05, 0) is 44.5 Å². The maximum absolute atomic E-state index is 13.5. The molecule has 0 saturated carbocycles. The molecule has 3 rings (SSSR count). The molecule has 1 N–H and O–H groups in total. The lowest BCUT2D eigenvalue weighted by Crippen LogP contribution is -2.23. The van der Waals surface area contributed by atoms with Crippen molar-refractivity contribution in [2.45, 2.75) is 31.2 Å². The Balaban J connectivity index is 1.79. The molecule has 0 fully saturated rings. The summed E-state index contributed by atoms with van der Waals surface area (Å²) in [4.78, 5) is 22.6. The standard InChI is InChI=1S/C19H18FN5O3S/c1-11-6-4-5-7-16(11)24-13(3)22-23-19(24)29-12(2)18(26)21-14-8-9-15(20)17(10-14)25(27)28/h4-10,12H,1-3H3,(H,21,26). The first-order valence-electron chi connectivity index (χ1n) is 8.67. The SMILES string of the molecule is Cc1ccccc1-n1c(C)nnc1SC(C)C(=O)Nc1ccc(F)c([N+](=O)[O-])c1. The Morgan fingerprint density at radius 2 is 1.97 bits per heavy atom. The summed E-state index contributed by atoms with van der Waals surface area (Å²) in [5.41, 5.74) is 1.40. The van der Waals surface area contributed by atoms with E-state index < -0.39 is 27.6 Å². The minimum absolute atomic E-state index is 0.145. The van der Waals surface area contributed by atoms with Crippen LogP contribution in [0.3, 0.4) is 0 Å². The molecule has 0 spiro atoms. The third-order valence-electron chi connectivity index (χ3n) is 4.21. The number of rotatable bonds is 6. The van der Waals surface area contributed by atoms with E-state index in [1.165, 1.54) is 17.8 Å². The fourth-order valence-corrected chi connectivity index (χ4v) is 3.60. The normalized spacial score (nSPS) is 11.9. The summed E-state index contributed by atoms with van der Waals surface area (Å²) in [7, 11) is 0. The maximum Gasteiger partial charge on any atom is 0.306 e. The Morgan fingerprint density at radius 3 is 2.66 bits per heavy atom. The fourth-order valence-electron chi connectivity index (χ4n) is 2.70. The second-order valence-corrected chi connectivity index (χ2v) is 7.63. The smallest absolute Gasteiger partial charge is 0.306 e. The lowest BCUT2D eigenvalue weighted by Gasteiger charge is -2.14. The van der Waals surface area contributed by atoms with Gasteiger partial charge < -0.3 is 5.32 Å². The number of benzene rings is 2. The number of aryl methyl sites for hydroxylation is 2. The fraction of sp³-hybridized carbons (Fsp3) is 0.211. The van der Waals surface area contributed by atoms with E-state index in [9.17, 15) is 19.3 Å². The van der Waals surface area contributed by atoms with Gasteiger partial charge in [0.2, 0.25) is 11.7 Å². The number of thioether (sulfide) groups is 1. The van der Waals surface area contributed by atoms with Gasteiger partial charge in [0, 0.05) is 11.8 Å². The Morgan fingerprint density at radius 1 is 1.24 bits per heavy atom. The van der Waals surface area contributed by atoms with Crippen LogP contribution in [0.1, 0.15) is 18.3 Å². The Bertz CT molecular complexity index is 1090. The predicted molar refractivity (Wildman–Crippen MR) is 108 cm³/mol. The molecule has 1 amide bonds. The predicted octanol–water partition coefficient (Wildman–Crippen LogP) is 4.05. The molecule has 10 heteroatoms. The summed E-state index contributed by atoms with van der Waals surface area (Å²) in [6.07, 6.45) is 0. The Labute approximate surface area is 170 Å². The topological polar surface area (TPSA) is 103 Å². The number of hydrogen-bond donors (Lipinski definition) is 1.